The van der Waals surface area contributed by atoms with Crippen molar-refractivity contribution in [2.45, 2.75) is 26.3 Å². The maximum Gasteiger partial charge on any atom is 0.162 e. The molecule has 7 nitrogen and oxygen atoms in total. The summed E-state index contributed by atoms with van der Waals surface area (Å²) in [6.45, 7) is 9.29. The van der Waals surface area contributed by atoms with Gasteiger partial charge >= 0.3 is 0 Å². The van der Waals surface area contributed by atoms with Gasteiger partial charge < -0.3 is 21.0 Å². The van der Waals surface area contributed by atoms with Crippen LogP contribution in [0.3, 0.4) is 0 Å². The lowest BCUT2D eigenvalue weighted by molar-refractivity contribution is -0.0979. The Kier molecular flexibility index (Phi) is 9.25. The van der Waals surface area contributed by atoms with Crippen molar-refractivity contribution in [2.75, 3.05) is 20.3 Å². The van der Waals surface area contributed by atoms with Gasteiger partial charge in [-0.1, -0.05) is 74.5 Å². The largest absolute Gasteiger partial charge is 0.377 e. The number of fused-ring (bicyclic) bond motifs is 2. The molecule has 0 amide bonds. The van der Waals surface area contributed by atoms with E-state index in [2.05, 4.69) is 78.4 Å². The topological polar surface area (TPSA) is 109 Å². The number of hydrogen-bond donors (Lipinski definition) is 2. The van der Waals surface area contributed by atoms with E-state index in [1.165, 1.54) is 23.4 Å². The molecule has 0 radical (unpaired) electrons. The van der Waals surface area contributed by atoms with Crippen molar-refractivity contribution in [3.05, 3.63) is 90.4 Å². The average molecular weight is 498 g/mol. The Bertz CT molecular complexity index is 1460. The minimum Gasteiger partial charge on any atom is -0.377 e. The molecule has 192 valence electrons. The van der Waals surface area contributed by atoms with E-state index in [-0.39, 0.29) is 5.54 Å². The molecular weight excluding hydrogens is 462 g/mol. The number of ether oxygens (including phenoxy) is 1. The van der Waals surface area contributed by atoms with Crippen molar-refractivity contribution < 1.29 is 9.53 Å². The van der Waals surface area contributed by atoms with Gasteiger partial charge in [0.15, 0.2) is 5.65 Å². The smallest absolute Gasteiger partial charge is 0.162 e. The maximum absolute atomic E-state index is 8.00. The van der Waals surface area contributed by atoms with Crippen LogP contribution < -0.4 is 11.5 Å². The third kappa shape index (κ3) is 5.29. The predicted molar refractivity (Wildman–Crippen MR) is 151 cm³/mol. The van der Waals surface area contributed by atoms with Crippen LogP contribution >= 0.6 is 0 Å². The average Bonchev–Trinajstić information content (AvgIpc) is 3.38. The van der Waals surface area contributed by atoms with E-state index in [0.717, 1.165) is 33.5 Å². The monoisotopic (exact) mass is 497 g/mol. The first-order chi connectivity index (χ1) is 18.1. The number of carbonyl (C=O) groups excluding carboxylic acids is 1. The van der Waals surface area contributed by atoms with Gasteiger partial charge in [-0.2, -0.15) is 5.10 Å². The molecule has 0 saturated carbocycles. The lowest BCUT2D eigenvalue weighted by Crippen LogP contribution is -2.54. The number of aromatic nitrogens is 3. The second-order valence-electron chi connectivity index (χ2n) is 8.37. The summed E-state index contributed by atoms with van der Waals surface area (Å²) in [7, 11) is 1.50. The highest BCUT2D eigenvalue weighted by atomic mass is 16.5. The van der Waals surface area contributed by atoms with Crippen LogP contribution in [0.15, 0.2) is 79.3 Å². The van der Waals surface area contributed by atoms with E-state index in [1.807, 2.05) is 43.7 Å². The predicted octanol–water partition coefficient (Wildman–Crippen LogP) is 5.13. The summed E-state index contributed by atoms with van der Waals surface area (Å²) in [6.07, 6.45) is 5.85. The second-order valence-corrected chi connectivity index (χ2v) is 8.37. The van der Waals surface area contributed by atoms with Crippen LogP contribution in [-0.2, 0) is 15.1 Å². The molecule has 1 aliphatic rings. The number of carbonyl (C=O) groups is 1. The van der Waals surface area contributed by atoms with Gasteiger partial charge in [-0.05, 0) is 47.0 Å². The lowest BCUT2D eigenvalue weighted by atomic mass is 9.88. The van der Waals surface area contributed by atoms with E-state index >= 15 is 0 Å². The first kappa shape index (κ1) is 27.7. The zero-order valence-electron chi connectivity index (χ0n) is 21.9. The normalized spacial score (nSPS) is 13.2. The van der Waals surface area contributed by atoms with Crippen LogP contribution in [-0.4, -0.2) is 41.6 Å². The number of benzene rings is 3. The highest BCUT2D eigenvalue weighted by molar-refractivity contribution is 6.01. The summed E-state index contributed by atoms with van der Waals surface area (Å²) in [5.41, 5.74) is 18.0. The maximum atomic E-state index is 8.00. The van der Waals surface area contributed by atoms with Gasteiger partial charge in [-0.15, -0.1) is 0 Å². The fourth-order valence-electron chi connectivity index (χ4n) is 4.38. The first-order valence-corrected chi connectivity index (χ1v) is 12.3. The summed E-state index contributed by atoms with van der Waals surface area (Å²) >= 11 is 0. The van der Waals surface area contributed by atoms with Gasteiger partial charge in [-0.3, -0.25) is 0 Å². The Hall–Kier alpha value is -3.91. The van der Waals surface area contributed by atoms with Gasteiger partial charge in [0, 0.05) is 23.5 Å². The second kappa shape index (κ2) is 12.4. The Morgan fingerprint density at radius 1 is 0.865 bits per heavy atom. The summed E-state index contributed by atoms with van der Waals surface area (Å²) < 4.78 is 7.14. The van der Waals surface area contributed by atoms with Crippen molar-refractivity contribution in [3.63, 3.8) is 0 Å². The summed E-state index contributed by atoms with van der Waals surface area (Å²) in [4.78, 5) is 12.8. The quantitative estimate of drug-likeness (QED) is 0.358. The van der Waals surface area contributed by atoms with E-state index in [0.29, 0.717) is 13.2 Å². The Labute approximate surface area is 218 Å². The van der Waals surface area contributed by atoms with Crippen LogP contribution in [0, 0.1) is 6.92 Å². The van der Waals surface area contributed by atoms with E-state index in [9.17, 15) is 0 Å². The number of rotatable bonds is 3. The zero-order chi connectivity index (χ0) is 27.0. The number of nitrogens with two attached hydrogens (primary N) is 2. The van der Waals surface area contributed by atoms with Crippen LogP contribution in [0.1, 0.15) is 25.0 Å². The summed E-state index contributed by atoms with van der Waals surface area (Å²) in [5, 5.41) is 7.08. The summed E-state index contributed by atoms with van der Waals surface area (Å²) in [6, 6.07) is 21.1. The molecule has 0 spiro atoms. The molecule has 1 aliphatic heterocycles. The van der Waals surface area contributed by atoms with Crippen LogP contribution in [0.4, 0.5) is 0 Å². The molecule has 0 atom stereocenters. The van der Waals surface area contributed by atoms with Gasteiger partial charge in [0.25, 0.3) is 0 Å². The molecular formula is C30H35N5O2. The van der Waals surface area contributed by atoms with Crippen LogP contribution in [0.25, 0.3) is 38.7 Å². The fourth-order valence-corrected chi connectivity index (χ4v) is 4.38. The van der Waals surface area contributed by atoms with Crippen molar-refractivity contribution in [2.24, 2.45) is 11.5 Å². The van der Waals surface area contributed by atoms with Gasteiger partial charge in [-0.25, -0.2) is 9.50 Å². The van der Waals surface area contributed by atoms with Gasteiger partial charge in [0.2, 0.25) is 0 Å². The Morgan fingerprint density at radius 3 is 2.14 bits per heavy atom. The highest BCUT2D eigenvalue weighted by Gasteiger charge is 2.35. The Morgan fingerprint density at radius 2 is 1.51 bits per heavy atom. The molecule has 7 heteroatoms. The van der Waals surface area contributed by atoms with E-state index < -0.39 is 0 Å². The molecule has 4 N–H and O–H groups in total. The number of nitrogens with zero attached hydrogens (tertiary/aromatic N) is 3. The molecule has 2 aromatic heterocycles. The van der Waals surface area contributed by atoms with Crippen LogP contribution in [0.2, 0.25) is 0 Å². The summed E-state index contributed by atoms with van der Waals surface area (Å²) in [5.74, 6) is 0. The first-order valence-electron chi connectivity index (χ1n) is 12.3. The van der Waals surface area contributed by atoms with Crippen LogP contribution in [0.5, 0.6) is 0 Å². The van der Waals surface area contributed by atoms with Gasteiger partial charge in [0.05, 0.1) is 24.9 Å². The minimum absolute atomic E-state index is 0.353. The Balaban J connectivity index is 0.000000593. The minimum atomic E-state index is -0.353. The molecule has 3 heterocycles. The molecule has 0 bridgehead atoms. The molecule has 1 saturated heterocycles. The molecule has 0 aliphatic carbocycles. The standard InChI is InChI=1S/C26H22N4O.C2H6.CH5N.CH2O/c1-17-6-11-23(22-5-3-2-4-21(17)22)24-13-29-30-14-19(12-28-25(24)30)18-7-9-20(10-8-18)26(27)15-31-16-26;3*1-2/h2-14H,15-16,27H2,1H3;1-2H3;2H2,1H3;1H2. The molecule has 3 aromatic carbocycles. The van der Waals surface area contributed by atoms with E-state index in [4.69, 9.17) is 20.2 Å². The molecule has 37 heavy (non-hydrogen) atoms. The lowest BCUT2D eigenvalue weighted by Gasteiger charge is -2.38. The van der Waals surface area contributed by atoms with Crippen molar-refractivity contribution in [1.29, 1.82) is 0 Å². The number of aryl methyl sites for hydroxylation is 1. The molecule has 5 aromatic rings. The molecule has 1 fully saturated rings. The van der Waals surface area contributed by atoms with Crippen molar-refractivity contribution in [3.8, 4) is 22.3 Å². The third-order valence-electron chi connectivity index (χ3n) is 6.30. The highest BCUT2D eigenvalue weighted by Crippen LogP contribution is 2.33. The number of hydrogen-bond acceptors (Lipinski definition) is 6. The van der Waals surface area contributed by atoms with E-state index in [1.54, 1.807) is 0 Å². The van der Waals surface area contributed by atoms with Crippen molar-refractivity contribution >= 4 is 23.2 Å². The van der Waals surface area contributed by atoms with Crippen molar-refractivity contribution in [1.82, 2.24) is 14.6 Å². The fraction of sp³-hybridized carbons (Fsp3) is 0.233. The van der Waals surface area contributed by atoms with Gasteiger partial charge in [0.1, 0.15) is 6.79 Å². The molecule has 6 rings (SSSR count). The third-order valence-corrected chi connectivity index (χ3v) is 6.30. The SMILES string of the molecule is C=O.CC.CN.Cc1ccc(-c2cnn3cc(-c4ccc(C5(N)COC5)cc4)cnc23)c2ccccc12. The molecule has 0 unspecified atom stereocenters. The zero-order valence-corrected chi connectivity index (χ0v) is 21.9.